The molecule has 7 heteroatoms. The average Bonchev–Trinajstić information content (AvgIpc) is 2.82. The minimum Gasteiger partial charge on any atom is -0.315 e. The average molecular weight is 321 g/mol. The van der Waals surface area contributed by atoms with Gasteiger partial charge in [-0.2, -0.15) is 16.1 Å². The lowest BCUT2D eigenvalue weighted by Gasteiger charge is -2.36. The van der Waals surface area contributed by atoms with Crippen molar-refractivity contribution in [3.63, 3.8) is 0 Å². The highest BCUT2D eigenvalue weighted by atomic mass is 32.2. The first-order chi connectivity index (χ1) is 8.96. The summed E-state index contributed by atoms with van der Waals surface area (Å²) in [5.41, 5.74) is 0. The zero-order chi connectivity index (χ0) is 14.0. The fraction of sp³-hybridized carbons (Fsp3) is 0.667. The summed E-state index contributed by atoms with van der Waals surface area (Å²) in [6, 6.07) is 1.84. The van der Waals surface area contributed by atoms with Crippen molar-refractivity contribution in [2.75, 3.05) is 19.3 Å². The van der Waals surface area contributed by atoms with Crippen LogP contribution in [-0.4, -0.2) is 43.4 Å². The Kier molecular flexibility index (Phi) is 4.94. The van der Waals surface area contributed by atoms with Gasteiger partial charge in [0.15, 0.2) is 0 Å². The number of nitrogens with one attached hydrogen (secondary N) is 1. The summed E-state index contributed by atoms with van der Waals surface area (Å²) >= 11 is 3.33. The molecule has 1 fully saturated rings. The van der Waals surface area contributed by atoms with E-state index in [0.717, 1.165) is 10.6 Å². The van der Waals surface area contributed by atoms with E-state index in [-0.39, 0.29) is 6.04 Å². The van der Waals surface area contributed by atoms with Crippen molar-refractivity contribution in [1.82, 2.24) is 9.62 Å². The molecular formula is C12H20N2O2S3. The number of hydrogen-bond donors (Lipinski definition) is 1. The lowest BCUT2D eigenvalue weighted by Crippen LogP contribution is -2.47. The van der Waals surface area contributed by atoms with Crippen LogP contribution < -0.4 is 5.32 Å². The molecule has 0 spiro atoms. The van der Waals surface area contributed by atoms with Gasteiger partial charge in [-0.25, -0.2) is 8.42 Å². The molecule has 1 saturated heterocycles. The maximum Gasteiger partial charge on any atom is 0.244 e. The Morgan fingerprint density at radius 2 is 2.21 bits per heavy atom. The van der Waals surface area contributed by atoms with Gasteiger partial charge in [0.05, 0.1) is 4.90 Å². The Morgan fingerprint density at radius 1 is 1.47 bits per heavy atom. The molecule has 1 N–H and O–H groups in total. The molecule has 0 aliphatic carbocycles. The number of thioether (sulfide) groups is 1. The van der Waals surface area contributed by atoms with E-state index in [1.807, 2.05) is 25.7 Å². The SMILES string of the molecule is CNCc1cc(S(=O)(=O)N2CCSC(C)C2C)cs1. The minimum atomic E-state index is -3.34. The summed E-state index contributed by atoms with van der Waals surface area (Å²) in [4.78, 5) is 1.49. The normalized spacial score (nSPS) is 25.6. The monoisotopic (exact) mass is 320 g/mol. The van der Waals surface area contributed by atoms with Crippen LogP contribution >= 0.6 is 23.1 Å². The second kappa shape index (κ2) is 6.13. The van der Waals surface area contributed by atoms with Crippen molar-refractivity contribution in [2.24, 2.45) is 0 Å². The molecule has 1 aliphatic rings. The molecular weight excluding hydrogens is 300 g/mol. The summed E-state index contributed by atoms with van der Waals surface area (Å²) in [5.74, 6) is 0.873. The molecule has 108 valence electrons. The first kappa shape index (κ1) is 15.3. The highest BCUT2D eigenvalue weighted by Gasteiger charge is 2.35. The van der Waals surface area contributed by atoms with Crippen LogP contribution in [0.1, 0.15) is 18.7 Å². The highest BCUT2D eigenvalue weighted by Crippen LogP contribution is 2.30. The maximum absolute atomic E-state index is 12.7. The third kappa shape index (κ3) is 3.16. The zero-order valence-electron chi connectivity index (χ0n) is 11.4. The molecule has 2 atom stereocenters. The van der Waals surface area contributed by atoms with Crippen LogP contribution in [0.15, 0.2) is 16.3 Å². The fourth-order valence-corrected chi connectivity index (χ4v) is 6.41. The summed E-state index contributed by atoms with van der Waals surface area (Å²) in [6.07, 6.45) is 0. The van der Waals surface area contributed by atoms with Crippen LogP contribution in [0.25, 0.3) is 0 Å². The molecule has 0 aromatic carbocycles. The van der Waals surface area contributed by atoms with Gasteiger partial charge in [-0.1, -0.05) is 6.92 Å². The van der Waals surface area contributed by atoms with Gasteiger partial charge in [-0.3, -0.25) is 0 Å². The van der Waals surface area contributed by atoms with Crippen LogP contribution in [0.5, 0.6) is 0 Å². The summed E-state index contributed by atoms with van der Waals surface area (Å²) < 4.78 is 27.0. The van der Waals surface area contributed by atoms with E-state index in [4.69, 9.17) is 0 Å². The van der Waals surface area contributed by atoms with E-state index >= 15 is 0 Å². The standard InChI is InChI=1S/C12H20N2O2S3/c1-9-10(2)17-5-4-14(9)19(15,16)12-6-11(7-13-3)18-8-12/h6,8-10,13H,4-5,7H2,1-3H3. The van der Waals surface area contributed by atoms with E-state index in [0.29, 0.717) is 23.2 Å². The number of sulfonamides is 1. The van der Waals surface area contributed by atoms with Gasteiger partial charge in [-0.05, 0) is 20.0 Å². The largest absolute Gasteiger partial charge is 0.315 e. The second-order valence-corrected chi connectivity index (χ2v) is 9.08. The van der Waals surface area contributed by atoms with Gasteiger partial charge >= 0.3 is 0 Å². The zero-order valence-corrected chi connectivity index (χ0v) is 13.9. The van der Waals surface area contributed by atoms with Crippen molar-refractivity contribution < 1.29 is 8.42 Å². The molecule has 0 amide bonds. The molecule has 1 aliphatic heterocycles. The predicted octanol–water partition coefficient (Wildman–Crippen LogP) is 1.98. The van der Waals surface area contributed by atoms with Crippen LogP contribution in [0.4, 0.5) is 0 Å². The van der Waals surface area contributed by atoms with Crippen molar-refractivity contribution in [2.45, 2.75) is 36.6 Å². The molecule has 1 aromatic rings. The number of hydrogen-bond acceptors (Lipinski definition) is 5. The molecule has 4 nitrogen and oxygen atoms in total. The summed E-state index contributed by atoms with van der Waals surface area (Å²) in [6.45, 7) is 5.41. The highest BCUT2D eigenvalue weighted by molar-refractivity contribution is 8.00. The molecule has 2 unspecified atom stereocenters. The van der Waals surface area contributed by atoms with E-state index < -0.39 is 10.0 Å². The first-order valence-corrected chi connectivity index (χ1v) is 9.69. The molecule has 2 heterocycles. The van der Waals surface area contributed by atoms with Crippen molar-refractivity contribution in [1.29, 1.82) is 0 Å². The second-order valence-electron chi connectivity index (χ2n) is 4.71. The number of rotatable bonds is 4. The smallest absolute Gasteiger partial charge is 0.244 e. The predicted molar refractivity (Wildman–Crippen MR) is 82.4 cm³/mol. The molecule has 0 radical (unpaired) electrons. The first-order valence-electron chi connectivity index (χ1n) is 6.32. The third-order valence-electron chi connectivity index (χ3n) is 3.41. The van der Waals surface area contributed by atoms with E-state index in [9.17, 15) is 8.42 Å². The summed E-state index contributed by atoms with van der Waals surface area (Å²) in [7, 11) is -1.48. The Balaban J connectivity index is 2.25. The van der Waals surface area contributed by atoms with Gasteiger partial charge in [0.2, 0.25) is 10.0 Å². The summed E-state index contributed by atoms with van der Waals surface area (Å²) in [5, 5.41) is 5.14. The number of thiophene rings is 1. The minimum absolute atomic E-state index is 0.0522. The van der Waals surface area contributed by atoms with Gasteiger partial charge in [0, 0.05) is 40.4 Å². The Labute approximate surface area is 123 Å². The van der Waals surface area contributed by atoms with Gasteiger partial charge in [0.1, 0.15) is 0 Å². The Bertz CT molecular complexity index is 527. The Morgan fingerprint density at radius 3 is 2.89 bits per heavy atom. The number of nitrogens with zero attached hydrogens (tertiary/aromatic N) is 1. The maximum atomic E-state index is 12.7. The van der Waals surface area contributed by atoms with Crippen LogP contribution in [0.3, 0.4) is 0 Å². The van der Waals surface area contributed by atoms with Crippen molar-refractivity contribution >= 4 is 33.1 Å². The van der Waals surface area contributed by atoms with Crippen LogP contribution in [-0.2, 0) is 16.6 Å². The van der Waals surface area contributed by atoms with E-state index in [1.165, 1.54) is 11.3 Å². The molecule has 19 heavy (non-hydrogen) atoms. The molecule has 0 bridgehead atoms. The van der Waals surface area contributed by atoms with E-state index in [1.54, 1.807) is 15.8 Å². The molecule has 2 rings (SSSR count). The topological polar surface area (TPSA) is 49.4 Å². The third-order valence-corrected chi connectivity index (χ3v) is 7.80. The quantitative estimate of drug-likeness (QED) is 0.922. The van der Waals surface area contributed by atoms with Crippen LogP contribution in [0, 0.1) is 0 Å². The van der Waals surface area contributed by atoms with E-state index in [2.05, 4.69) is 12.2 Å². The van der Waals surface area contributed by atoms with Crippen molar-refractivity contribution in [3.8, 4) is 0 Å². The molecule has 0 saturated carbocycles. The van der Waals surface area contributed by atoms with Gasteiger partial charge in [-0.15, -0.1) is 11.3 Å². The van der Waals surface area contributed by atoms with Gasteiger partial charge < -0.3 is 5.32 Å². The van der Waals surface area contributed by atoms with Gasteiger partial charge in [0.25, 0.3) is 0 Å². The van der Waals surface area contributed by atoms with Crippen LogP contribution in [0.2, 0.25) is 0 Å². The lowest BCUT2D eigenvalue weighted by molar-refractivity contribution is 0.340. The lowest BCUT2D eigenvalue weighted by atomic mass is 10.2. The fourth-order valence-electron chi connectivity index (χ4n) is 2.14. The van der Waals surface area contributed by atoms with Crippen molar-refractivity contribution in [3.05, 3.63) is 16.3 Å². The molecule has 1 aromatic heterocycles. The Hall–Kier alpha value is -0.0800.